The van der Waals surface area contributed by atoms with Gasteiger partial charge in [0, 0.05) is 17.1 Å². The Labute approximate surface area is 89.6 Å². The fourth-order valence-corrected chi connectivity index (χ4v) is 1.78. The second kappa shape index (κ2) is 3.42. The van der Waals surface area contributed by atoms with Gasteiger partial charge in [0.25, 0.3) is 0 Å². The number of benzene rings is 1. The van der Waals surface area contributed by atoms with Gasteiger partial charge < -0.3 is 10.3 Å². The maximum Gasteiger partial charge on any atom is 0.110 e. The van der Waals surface area contributed by atoms with Crippen LogP contribution in [0.2, 0.25) is 0 Å². The largest absolute Gasteiger partial charge is 0.399 e. The van der Waals surface area contributed by atoms with E-state index in [-0.39, 0.29) is 0 Å². The summed E-state index contributed by atoms with van der Waals surface area (Å²) in [6.45, 7) is 6.11. The van der Waals surface area contributed by atoms with Crippen LogP contribution in [-0.4, -0.2) is 9.55 Å². The fourth-order valence-electron chi connectivity index (χ4n) is 1.78. The van der Waals surface area contributed by atoms with Gasteiger partial charge in [-0.05, 0) is 45.0 Å². The molecule has 0 spiro atoms. The molecule has 0 saturated carbocycles. The second-order valence-corrected chi connectivity index (χ2v) is 3.76. The van der Waals surface area contributed by atoms with Crippen molar-refractivity contribution in [2.45, 2.75) is 20.8 Å². The van der Waals surface area contributed by atoms with Crippen molar-refractivity contribution in [1.29, 1.82) is 0 Å². The van der Waals surface area contributed by atoms with Crippen LogP contribution in [0.1, 0.15) is 17.2 Å². The molecule has 0 amide bonds. The number of hydrogen-bond acceptors (Lipinski definition) is 2. The van der Waals surface area contributed by atoms with Crippen LogP contribution in [0.4, 0.5) is 5.69 Å². The Morgan fingerprint density at radius 3 is 2.13 bits per heavy atom. The van der Waals surface area contributed by atoms with Crippen LogP contribution >= 0.6 is 0 Å². The Morgan fingerprint density at radius 1 is 1.07 bits per heavy atom. The minimum atomic E-state index is 0.783. The van der Waals surface area contributed by atoms with Crippen molar-refractivity contribution in [2.24, 2.45) is 0 Å². The quantitative estimate of drug-likeness (QED) is 0.720. The number of rotatable bonds is 1. The third-order valence-corrected chi connectivity index (χ3v) is 2.66. The standard InChI is InChI=1S/C12H15N3/c1-8-9(2)15(10(3)14-8)12-6-4-11(13)5-7-12/h4-7H,13H2,1-3H3. The van der Waals surface area contributed by atoms with Crippen molar-refractivity contribution in [3.8, 4) is 5.69 Å². The molecule has 1 aromatic heterocycles. The van der Waals surface area contributed by atoms with Gasteiger partial charge in [-0.3, -0.25) is 0 Å². The van der Waals surface area contributed by atoms with Gasteiger partial charge in [-0.25, -0.2) is 4.98 Å². The van der Waals surface area contributed by atoms with E-state index in [2.05, 4.69) is 16.5 Å². The first-order chi connectivity index (χ1) is 7.09. The summed E-state index contributed by atoms with van der Waals surface area (Å²) in [5.41, 5.74) is 9.81. The van der Waals surface area contributed by atoms with Gasteiger partial charge >= 0.3 is 0 Å². The van der Waals surface area contributed by atoms with Crippen LogP contribution in [0.5, 0.6) is 0 Å². The zero-order valence-corrected chi connectivity index (χ0v) is 9.28. The topological polar surface area (TPSA) is 43.8 Å². The first-order valence-corrected chi connectivity index (χ1v) is 4.98. The van der Waals surface area contributed by atoms with Crippen LogP contribution in [0, 0.1) is 20.8 Å². The molecular weight excluding hydrogens is 186 g/mol. The van der Waals surface area contributed by atoms with Crippen molar-refractivity contribution in [1.82, 2.24) is 9.55 Å². The third-order valence-electron chi connectivity index (χ3n) is 2.66. The second-order valence-electron chi connectivity index (χ2n) is 3.76. The molecule has 1 heterocycles. The summed E-state index contributed by atoms with van der Waals surface area (Å²) in [6.07, 6.45) is 0. The minimum absolute atomic E-state index is 0.783. The maximum absolute atomic E-state index is 5.66. The van der Waals surface area contributed by atoms with Crippen molar-refractivity contribution in [3.05, 3.63) is 41.5 Å². The Hall–Kier alpha value is -1.77. The summed E-state index contributed by atoms with van der Waals surface area (Å²) < 4.78 is 2.13. The molecule has 1 aromatic carbocycles. The van der Waals surface area contributed by atoms with Gasteiger partial charge in [0.2, 0.25) is 0 Å². The highest BCUT2D eigenvalue weighted by Crippen LogP contribution is 2.18. The van der Waals surface area contributed by atoms with Crippen molar-refractivity contribution in [2.75, 3.05) is 5.73 Å². The van der Waals surface area contributed by atoms with Gasteiger partial charge in [-0.1, -0.05) is 0 Å². The lowest BCUT2D eigenvalue weighted by atomic mass is 10.2. The molecule has 15 heavy (non-hydrogen) atoms. The highest BCUT2D eigenvalue weighted by Gasteiger charge is 2.08. The van der Waals surface area contributed by atoms with Crippen molar-refractivity contribution in [3.63, 3.8) is 0 Å². The predicted molar refractivity (Wildman–Crippen MR) is 62.2 cm³/mol. The van der Waals surface area contributed by atoms with Gasteiger partial charge in [0.05, 0.1) is 5.69 Å². The Kier molecular flexibility index (Phi) is 2.23. The lowest BCUT2D eigenvalue weighted by Crippen LogP contribution is -1.99. The van der Waals surface area contributed by atoms with E-state index >= 15 is 0 Å². The average Bonchev–Trinajstić information content (AvgIpc) is 2.44. The number of nitrogens with two attached hydrogens (primary N) is 1. The fraction of sp³-hybridized carbons (Fsp3) is 0.250. The number of imidazole rings is 1. The highest BCUT2D eigenvalue weighted by molar-refractivity contribution is 5.46. The minimum Gasteiger partial charge on any atom is -0.399 e. The van der Waals surface area contributed by atoms with Gasteiger partial charge in [-0.15, -0.1) is 0 Å². The van der Waals surface area contributed by atoms with E-state index in [1.54, 1.807) is 0 Å². The maximum atomic E-state index is 5.66. The highest BCUT2D eigenvalue weighted by atomic mass is 15.1. The predicted octanol–water partition coefficient (Wildman–Crippen LogP) is 2.38. The molecule has 0 bridgehead atoms. The number of aromatic nitrogens is 2. The lowest BCUT2D eigenvalue weighted by molar-refractivity contribution is 0.941. The van der Waals surface area contributed by atoms with Crippen LogP contribution in [0.15, 0.2) is 24.3 Å². The molecule has 2 N–H and O–H groups in total. The van der Waals surface area contributed by atoms with E-state index < -0.39 is 0 Å². The van der Waals surface area contributed by atoms with Crippen molar-refractivity contribution >= 4 is 5.69 Å². The van der Waals surface area contributed by atoms with E-state index in [0.717, 1.165) is 22.9 Å². The Bertz CT molecular complexity index is 480. The van der Waals surface area contributed by atoms with E-state index in [1.165, 1.54) is 5.69 Å². The monoisotopic (exact) mass is 201 g/mol. The first kappa shape index (κ1) is 9.77. The van der Waals surface area contributed by atoms with Gasteiger partial charge in [0.15, 0.2) is 0 Å². The lowest BCUT2D eigenvalue weighted by Gasteiger charge is -2.08. The third kappa shape index (κ3) is 1.61. The Morgan fingerprint density at radius 2 is 1.67 bits per heavy atom. The Balaban J connectivity index is 2.58. The van der Waals surface area contributed by atoms with Crippen molar-refractivity contribution < 1.29 is 0 Å². The molecule has 3 nitrogen and oxygen atoms in total. The molecule has 0 fully saturated rings. The van der Waals surface area contributed by atoms with E-state index in [0.29, 0.717) is 0 Å². The molecule has 0 aliphatic heterocycles. The summed E-state index contributed by atoms with van der Waals surface area (Å²) >= 11 is 0. The van der Waals surface area contributed by atoms with Crippen LogP contribution < -0.4 is 5.73 Å². The summed E-state index contributed by atoms with van der Waals surface area (Å²) in [7, 11) is 0. The number of anilines is 1. The van der Waals surface area contributed by atoms with Gasteiger partial charge in [0.1, 0.15) is 5.82 Å². The molecule has 78 valence electrons. The SMILES string of the molecule is Cc1nc(C)n(-c2ccc(N)cc2)c1C. The number of nitrogens with zero attached hydrogens (tertiary/aromatic N) is 2. The zero-order chi connectivity index (χ0) is 11.0. The van der Waals surface area contributed by atoms with Gasteiger partial charge in [-0.2, -0.15) is 0 Å². The number of aryl methyl sites for hydroxylation is 2. The molecule has 0 aliphatic rings. The number of nitrogen functional groups attached to an aromatic ring is 1. The summed E-state index contributed by atoms with van der Waals surface area (Å²) in [4.78, 5) is 4.44. The average molecular weight is 201 g/mol. The molecular formula is C12H15N3. The van der Waals surface area contributed by atoms with E-state index in [1.807, 2.05) is 38.1 Å². The summed E-state index contributed by atoms with van der Waals surface area (Å²) in [5.74, 6) is 1.01. The zero-order valence-electron chi connectivity index (χ0n) is 9.28. The molecule has 0 atom stereocenters. The van der Waals surface area contributed by atoms with E-state index in [9.17, 15) is 0 Å². The summed E-state index contributed by atoms with van der Waals surface area (Å²) in [5, 5.41) is 0. The molecule has 2 aromatic rings. The van der Waals surface area contributed by atoms with Crippen LogP contribution in [-0.2, 0) is 0 Å². The van der Waals surface area contributed by atoms with Crippen LogP contribution in [0.25, 0.3) is 5.69 Å². The molecule has 0 saturated heterocycles. The molecule has 2 rings (SSSR count). The normalized spacial score (nSPS) is 10.6. The van der Waals surface area contributed by atoms with Crippen LogP contribution in [0.3, 0.4) is 0 Å². The molecule has 0 unspecified atom stereocenters. The first-order valence-electron chi connectivity index (χ1n) is 4.98. The summed E-state index contributed by atoms with van der Waals surface area (Å²) in [6, 6.07) is 7.83. The smallest absolute Gasteiger partial charge is 0.110 e. The number of hydrogen-bond donors (Lipinski definition) is 1. The molecule has 3 heteroatoms. The van der Waals surface area contributed by atoms with E-state index in [4.69, 9.17) is 5.73 Å². The molecule has 0 aliphatic carbocycles. The molecule has 0 radical (unpaired) electrons.